The Hall–Kier alpha value is -2.28. The summed E-state index contributed by atoms with van der Waals surface area (Å²) in [6.45, 7) is 0. The number of nitrogens with zero attached hydrogens (tertiary/aromatic N) is 3. The highest BCUT2D eigenvalue weighted by Gasteiger charge is 2.25. The molecule has 0 unspecified atom stereocenters. The van der Waals surface area contributed by atoms with Crippen LogP contribution in [0.5, 0.6) is 0 Å². The number of hydrogen-bond donors (Lipinski definition) is 1. The Morgan fingerprint density at radius 3 is 2.74 bits per heavy atom. The van der Waals surface area contributed by atoms with Crippen LogP contribution in [-0.4, -0.2) is 21.9 Å². The molecule has 0 saturated heterocycles. The van der Waals surface area contributed by atoms with Gasteiger partial charge in [-0.15, -0.1) is 0 Å². The fraction of sp³-hybridized carbons (Fsp3) is 0.0909. The first-order valence-corrected chi connectivity index (χ1v) is 5.55. The van der Waals surface area contributed by atoms with Crippen molar-refractivity contribution in [3.8, 4) is 11.3 Å². The average Bonchev–Trinajstić information content (AvgIpc) is 2.37. The lowest BCUT2D eigenvalue weighted by Crippen LogP contribution is -2.03. The molecule has 1 aromatic carbocycles. The summed E-state index contributed by atoms with van der Waals surface area (Å²) in [5.74, 6) is -0.666. The summed E-state index contributed by atoms with van der Waals surface area (Å²) >= 11 is 5.65. The first-order chi connectivity index (χ1) is 9.04. The van der Waals surface area contributed by atoms with Gasteiger partial charge in [0.25, 0.3) is 0 Å². The van der Waals surface area contributed by atoms with E-state index in [4.69, 9.17) is 11.6 Å². The minimum atomic E-state index is -0.684. The van der Waals surface area contributed by atoms with Crippen molar-refractivity contribution >= 4 is 23.1 Å². The fourth-order valence-electron chi connectivity index (χ4n) is 1.61. The number of nitrogens with one attached hydrogen (secondary N) is 1. The van der Waals surface area contributed by atoms with Crippen LogP contribution in [0.1, 0.15) is 0 Å². The van der Waals surface area contributed by atoms with Gasteiger partial charge in [-0.25, -0.2) is 14.4 Å². The van der Waals surface area contributed by atoms with Crippen molar-refractivity contribution in [3.63, 3.8) is 0 Å². The van der Waals surface area contributed by atoms with Crippen molar-refractivity contribution in [3.05, 3.63) is 45.5 Å². The summed E-state index contributed by atoms with van der Waals surface area (Å²) in [4.78, 5) is 18.0. The zero-order chi connectivity index (χ0) is 14.0. The minimum Gasteiger partial charge on any atom is -0.367 e. The molecule has 0 saturated carbocycles. The van der Waals surface area contributed by atoms with E-state index in [0.29, 0.717) is 0 Å². The van der Waals surface area contributed by atoms with Crippen LogP contribution in [0.4, 0.5) is 15.9 Å². The molecule has 1 N–H and O–H groups in total. The molecule has 2 aromatic rings. The van der Waals surface area contributed by atoms with Gasteiger partial charge in [0.2, 0.25) is 5.82 Å². The molecule has 0 fully saturated rings. The number of nitro groups is 1. The Bertz CT molecular complexity index is 651. The number of benzene rings is 1. The Balaban J connectivity index is 2.71. The third kappa shape index (κ3) is 2.45. The molecule has 0 bridgehead atoms. The highest BCUT2D eigenvalue weighted by atomic mass is 35.5. The second kappa shape index (κ2) is 5.15. The largest absolute Gasteiger partial charge is 0.367 e. The summed E-state index contributed by atoms with van der Waals surface area (Å²) in [6, 6.07) is 3.85. The standard InChI is InChI=1S/C11H8ClFN4O2/c1-14-11-10(17(18)19)9(15-5-16-11)7-3-2-6(12)4-8(7)13/h2-5H,1H3,(H,14,15,16). The fourth-order valence-corrected chi connectivity index (χ4v) is 1.77. The molecule has 98 valence electrons. The molecule has 0 atom stereocenters. The molecule has 0 aliphatic heterocycles. The lowest BCUT2D eigenvalue weighted by molar-refractivity contribution is -0.383. The Morgan fingerprint density at radius 1 is 1.42 bits per heavy atom. The van der Waals surface area contributed by atoms with Crippen LogP contribution in [0.3, 0.4) is 0 Å². The number of aromatic nitrogens is 2. The summed E-state index contributed by atoms with van der Waals surface area (Å²) in [6.07, 6.45) is 1.13. The molecule has 19 heavy (non-hydrogen) atoms. The van der Waals surface area contributed by atoms with E-state index in [0.717, 1.165) is 12.4 Å². The quantitative estimate of drug-likeness (QED) is 0.691. The minimum absolute atomic E-state index is 0.00463. The summed E-state index contributed by atoms with van der Waals surface area (Å²) in [7, 11) is 1.48. The molecule has 2 rings (SSSR count). The predicted molar refractivity (Wildman–Crippen MR) is 68.6 cm³/mol. The van der Waals surface area contributed by atoms with Crippen LogP contribution in [0, 0.1) is 15.9 Å². The lowest BCUT2D eigenvalue weighted by atomic mass is 10.1. The van der Waals surface area contributed by atoms with Gasteiger partial charge in [-0.1, -0.05) is 11.6 Å². The molecule has 0 spiro atoms. The maximum absolute atomic E-state index is 13.8. The highest BCUT2D eigenvalue weighted by Crippen LogP contribution is 2.34. The van der Waals surface area contributed by atoms with Crippen LogP contribution in [0.2, 0.25) is 5.02 Å². The van der Waals surface area contributed by atoms with E-state index in [-0.39, 0.29) is 27.8 Å². The number of halogens is 2. The molecular weight excluding hydrogens is 275 g/mol. The number of anilines is 1. The molecule has 0 aliphatic rings. The van der Waals surface area contributed by atoms with Crippen molar-refractivity contribution in [2.75, 3.05) is 12.4 Å². The van der Waals surface area contributed by atoms with Gasteiger partial charge in [0.05, 0.1) is 4.92 Å². The van der Waals surface area contributed by atoms with Crippen LogP contribution in [0.15, 0.2) is 24.5 Å². The zero-order valence-corrected chi connectivity index (χ0v) is 10.5. The van der Waals surface area contributed by atoms with Crippen molar-refractivity contribution in [1.29, 1.82) is 0 Å². The topological polar surface area (TPSA) is 81.0 Å². The highest BCUT2D eigenvalue weighted by molar-refractivity contribution is 6.30. The van der Waals surface area contributed by atoms with Gasteiger partial charge in [0.1, 0.15) is 12.1 Å². The van der Waals surface area contributed by atoms with Crippen molar-refractivity contribution in [2.45, 2.75) is 0 Å². The molecule has 6 nitrogen and oxygen atoms in total. The van der Waals surface area contributed by atoms with E-state index in [1.807, 2.05) is 0 Å². The number of hydrogen-bond acceptors (Lipinski definition) is 5. The second-order valence-corrected chi connectivity index (χ2v) is 3.99. The lowest BCUT2D eigenvalue weighted by Gasteiger charge is -2.06. The molecule has 0 radical (unpaired) electrons. The molecule has 0 amide bonds. The summed E-state index contributed by atoms with van der Waals surface area (Å²) < 4.78 is 13.8. The Labute approximate surface area is 112 Å². The van der Waals surface area contributed by atoms with E-state index < -0.39 is 10.7 Å². The van der Waals surface area contributed by atoms with Gasteiger partial charge >= 0.3 is 5.69 Å². The van der Waals surface area contributed by atoms with Crippen LogP contribution >= 0.6 is 11.6 Å². The molecular formula is C11H8ClFN4O2. The SMILES string of the molecule is CNc1ncnc(-c2ccc(Cl)cc2F)c1[N+](=O)[O-]. The van der Waals surface area contributed by atoms with E-state index >= 15 is 0 Å². The normalized spacial score (nSPS) is 10.3. The third-order valence-electron chi connectivity index (χ3n) is 2.43. The molecule has 1 aromatic heterocycles. The van der Waals surface area contributed by atoms with E-state index in [9.17, 15) is 14.5 Å². The van der Waals surface area contributed by atoms with Crippen LogP contribution in [0.25, 0.3) is 11.3 Å². The van der Waals surface area contributed by atoms with Gasteiger partial charge < -0.3 is 5.32 Å². The van der Waals surface area contributed by atoms with Gasteiger partial charge in [-0.05, 0) is 18.2 Å². The van der Waals surface area contributed by atoms with Gasteiger partial charge in [-0.2, -0.15) is 0 Å². The van der Waals surface area contributed by atoms with Gasteiger partial charge in [0.15, 0.2) is 5.69 Å². The molecule has 8 heteroatoms. The third-order valence-corrected chi connectivity index (χ3v) is 2.66. The number of rotatable bonds is 3. The summed E-state index contributed by atoms with van der Waals surface area (Å²) in [5.41, 5.74) is -0.486. The van der Waals surface area contributed by atoms with Gasteiger partial charge in [-0.3, -0.25) is 10.1 Å². The Kier molecular flexibility index (Phi) is 3.57. The predicted octanol–water partition coefficient (Wildman–Crippen LogP) is 2.89. The zero-order valence-electron chi connectivity index (χ0n) is 9.72. The Morgan fingerprint density at radius 2 is 2.16 bits per heavy atom. The van der Waals surface area contributed by atoms with Crippen molar-refractivity contribution in [2.24, 2.45) is 0 Å². The maximum atomic E-state index is 13.8. The maximum Gasteiger partial charge on any atom is 0.337 e. The van der Waals surface area contributed by atoms with Crippen molar-refractivity contribution < 1.29 is 9.31 Å². The summed E-state index contributed by atoms with van der Waals surface area (Å²) in [5, 5.41) is 13.9. The van der Waals surface area contributed by atoms with Crippen molar-refractivity contribution in [1.82, 2.24) is 9.97 Å². The first kappa shape index (κ1) is 13.2. The first-order valence-electron chi connectivity index (χ1n) is 5.17. The van der Waals surface area contributed by atoms with Gasteiger partial charge in [0, 0.05) is 17.6 Å². The smallest absolute Gasteiger partial charge is 0.337 e. The van der Waals surface area contributed by atoms with Crippen LogP contribution < -0.4 is 5.32 Å². The molecule has 0 aliphatic carbocycles. The molecule has 1 heterocycles. The average molecular weight is 283 g/mol. The van der Waals surface area contributed by atoms with E-state index in [1.54, 1.807) is 0 Å². The van der Waals surface area contributed by atoms with E-state index in [2.05, 4.69) is 15.3 Å². The van der Waals surface area contributed by atoms with Crippen LogP contribution in [-0.2, 0) is 0 Å². The second-order valence-electron chi connectivity index (χ2n) is 3.55. The van der Waals surface area contributed by atoms with E-state index in [1.165, 1.54) is 19.2 Å². The monoisotopic (exact) mass is 282 g/mol.